The summed E-state index contributed by atoms with van der Waals surface area (Å²) in [7, 11) is -3.08. The van der Waals surface area contributed by atoms with E-state index in [0.717, 1.165) is 13.2 Å². The maximum atomic E-state index is 12.2. The van der Waals surface area contributed by atoms with E-state index in [0.29, 0.717) is 0 Å². The second-order valence-electron chi connectivity index (χ2n) is 5.79. The highest BCUT2D eigenvalue weighted by molar-refractivity contribution is 7.89. The number of aliphatic carboxylic acids is 1. The van der Waals surface area contributed by atoms with Crippen LogP contribution in [0, 0.1) is 12.3 Å². The lowest BCUT2D eigenvalue weighted by Gasteiger charge is -2.27. The van der Waals surface area contributed by atoms with Crippen LogP contribution >= 0.6 is 0 Å². The lowest BCUT2D eigenvalue weighted by atomic mass is 9.88. The van der Waals surface area contributed by atoms with Gasteiger partial charge in [-0.2, -0.15) is 4.72 Å². The summed E-state index contributed by atoms with van der Waals surface area (Å²) in [5.74, 6) is -1.99. The molecule has 1 aromatic rings. The van der Waals surface area contributed by atoms with Crippen molar-refractivity contribution in [1.82, 2.24) is 4.72 Å². The number of carbonyl (C=O) groups is 2. The molecular formula is C13H19NO7S. The van der Waals surface area contributed by atoms with E-state index in [4.69, 9.17) is 4.42 Å². The van der Waals surface area contributed by atoms with Crippen LogP contribution in [0.1, 0.15) is 36.9 Å². The number of furan rings is 1. The standard InChI is InChI=1S/C13H19NO7S/c1-7-8(12(17)20-5)6-9(21-7)22(18,19)14-10(11(15)16)13(2,3)4/h6,10,14H,1-5H3,(H,15,16)/t10-/m0/s1. The van der Waals surface area contributed by atoms with Crippen LogP contribution in [0.4, 0.5) is 0 Å². The maximum absolute atomic E-state index is 12.2. The molecule has 0 aliphatic heterocycles. The fourth-order valence-electron chi connectivity index (χ4n) is 1.71. The number of methoxy groups -OCH3 is 1. The molecule has 0 amide bonds. The summed E-state index contributed by atoms with van der Waals surface area (Å²) >= 11 is 0. The van der Waals surface area contributed by atoms with Gasteiger partial charge in [-0.25, -0.2) is 13.2 Å². The van der Waals surface area contributed by atoms with Gasteiger partial charge in [0.1, 0.15) is 17.4 Å². The monoisotopic (exact) mass is 333 g/mol. The predicted octanol–water partition coefficient (Wildman–Crippen LogP) is 1.15. The Morgan fingerprint density at radius 2 is 1.91 bits per heavy atom. The highest BCUT2D eigenvalue weighted by Gasteiger charge is 2.37. The molecule has 1 rings (SSSR count). The third-order valence-corrected chi connectivity index (χ3v) is 4.23. The van der Waals surface area contributed by atoms with Crippen LogP contribution in [-0.4, -0.2) is 38.6 Å². The number of hydrogen-bond donors (Lipinski definition) is 2. The Morgan fingerprint density at radius 3 is 2.32 bits per heavy atom. The second-order valence-corrected chi connectivity index (χ2v) is 7.43. The van der Waals surface area contributed by atoms with Crippen LogP contribution in [0.3, 0.4) is 0 Å². The van der Waals surface area contributed by atoms with Crippen LogP contribution in [0.25, 0.3) is 0 Å². The molecule has 9 heteroatoms. The number of aryl methyl sites for hydroxylation is 1. The molecule has 0 saturated carbocycles. The van der Waals surface area contributed by atoms with Crippen molar-refractivity contribution in [2.24, 2.45) is 5.41 Å². The van der Waals surface area contributed by atoms with Crippen LogP contribution in [0.15, 0.2) is 15.6 Å². The van der Waals surface area contributed by atoms with Crippen LogP contribution < -0.4 is 4.72 Å². The molecule has 0 aliphatic rings. The normalized spacial score (nSPS) is 13.7. The van der Waals surface area contributed by atoms with E-state index in [2.05, 4.69) is 9.46 Å². The Kier molecular flexibility index (Phi) is 5.03. The molecule has 0 fully saturated rings. The van der Waals surface area contributed by atoms with Crippen molar-refractivity contribution in [3.63, 3.8) is 0 Å². The van der Waals surface area contributed by atoms with Crippen molar-refractivity contribution < 1.29 is 32.3 Å². The van der Waals surface area contributed by atoms with Gasteiger partial charge in [0.15, 0.2) is 0 Å². The van der Waals surface area contributed by atoms with Crippen molar-refractivity contribution in [2.75, 3.05) is 7.11 Å². The minimum Gasteiger partial charge on any atom is -0.480 e. The van der Waals surface area contributed by atoms with Crippen molar-refractivity contribution in [3.8, 4) is 0 Å². The number of esters is 1. The largest absolute Gasteiger partial charge is 0.480 e. The third kappa shape index (κ3) is 3.86. The van der Waals surface area contributed by atoms with Gasteiger partial charge in [0.25, 0.3) is 10.0 Å². The van der Waals surface area contributed by atoms with Crippen molar-refractivity contribution in [3.05, 3.63) is 17.4 Å². The number of sulfonamides is 1. The maximum Gasteiger partial charge on any atom is 0.341 e. The minimum absolute atomic E-state index is 0.0366. The highest BCUT2D eigenvalue weighted by Crippen LogP contribution is 2.24. The molecule has 1 atom stereocenters. The smallest absolute Gasteiger partial charge is 0.341 e. The fraction of sp³-hybridized carbons (Fsp3) is 0.538. The lowest BCUT2D eigenvalue weighted by Crippen LogP contribution is -2.48. The Morgan fingerprint density at radius 1 is 1.36 bits per heavy atom. The SMILES string of the molecule is COC(=O)c1cc(S(=O)(=O)N[C@@H](C(=O)O)C(C)(C)C)oc1C. The molecule has 0 bridgehead atoms. The van der Waals surface area contributed by atoms with E-state index in [-0.39, 0.29) is 11.3 Å². The molecule has 0 aromatic carbocycles. The lowest BCUT2D eigenvalue weighted by molar-refractivity contribution is -0.141. The molecule has 0 aliphatic carbocycles. The Bertz CT molecular complexity index is 682. The Labute approximate surface area is 128 Å². The first-order valence-corrected chi connectivity index (χ1v) is 7.82. The summed E-state index contributed by atoms with van der Waals surface area (Å²) in [6.07, 6.45) is 0. The zero-order chi connectivity index (χ0) is 17.3. The topological polar surface area (TPSA) is 123 Å². The van der Waals surface area contributed by atoms with Gasteiger partial charge < -0.3 is 14.3 Å². The van der Waals surface area contributed by atoms with E-state index in [1.54, 1.807) is 20.8 Å². The van der Waals surface area contributed by atoms with E-state index in [1.807, 2.05) is 0 Å². The average molecular weight is 333 g/mol. The molecule has 0 radical (unpaired) electrons. The molecule has 2 N–H and O–H groups in total. The summed E-state index contributed by atoms with van der Waals surface area (Å²) in [5, 5.41) is 8.63. The summed E-state index contributed by atoms with van der Waals surface area (Å²) in [6.45, 7) is 6.16. The van der Waals surface area contributed by atoms with Crippen LogP contribution in [0.5, 0.6) is 0 Å². The van der Waals surface area contributed by atoms with Crippen LogP contribution in [0.2, 0.25) is 0 Å². The van der Waals surface area contributed by atoms with E-state index >= 15 is 0 Å². The highest BCUT2D eigenvalue weighted by atomic mass is 32.2. The summed E-state index contributed by atoms with van der Waals surface area (Å²) < 4.78 is 36.1. The molecule has 1 aromatic heterocycles. The van der Waals surface area contributed by atoms with Gasteiger partial charge in [-0.3, -0.25) is 4.79 Å². The van der Waals surface area contributed by atoms with E-state index < -0.39 is 38.5 Å². The van der Waals surface area contributed by atoms with Crippen molar-refractivity contribution in [1.29, 1.82) is 0 Å². The molecule has 22 heavy (non-hydrogen) atoms. The minimum atomic E-state index is -4.24. The molecule has 0 saturated heterocycles. The van der Waals surface area contributed by atoms with Gasteiger partial charge in [-0.15, -0.1) is 0 Å². The predicted molar refractivity (Wildman–Crippen MR) is 76.0 cm³/mol. The molecule has 0 spiro atoms. The first-order valence-electron chi connectivity index (χ1n) is 6.34. The number of nitrogens with one attached hydrogen (secondary N) is 1. The first kappa shape index (κ1) is 18.2. The molecule has 1 heterocycles. The first-order chi connectivity index (χ1) is 9.90. The quantitative estimate of drug-likeness (QED) is 0.775. The van der Waals surface area contributed by atoms with Gasteiger partial charge >= 0.3 is 11.9 Å². The van der Waals surface area contributed by atoms with E-state index in [1.165, 1.54) is 6.92 Å². The Hall–Kier alpha value is -1.87. The second kappa shape index (κ2) is 6.09. The number of rotatable bonds is 5. The Balaban J connectivity index is 3.20. The van der Waals surface area contributed by atoms with Gasteiger partial charge in [0.2, 0.25) is 5.09 Å². The zero-order valence-corrected chi connectivity index (χ0v) is 13.8. The molecule has 8 nitrogen and oxygen atoms in total. The van der Waals surface area contributed by atoms with Gasteiger partial charge in [0, 0.05) is 6.07 Å². The summed E-state index contributed by atoms with van der Waals surface area (Å²) in [4.78, 5) is 22.7. The summed E-state index contributed by atoms with van der Waals surface area (Å²) in [5.41, 5.74) is -0.892. The number of hydrogen-bond acceptors (Lipinski definition) is 6. The molecular weight excluding hydrogens is 314 g/mol. The zero-order valence-electron chi connectivity index (χ0n) is 13.0. The average Bonchev–Trinajstić information content (AvgIpc) is 2.76. The van der Waals surface area contributed by atoms with Crippen molar-refractivity contribution in [2.45, 2.75) is 38.8 Å². The summed E-state index contributed by atoms with van der Waals surface area (Å²) in [6, 6.07) is -0.352. The van der Waals surface area contributed by atoms with Gasteiger partial charge in [-0.05, 0) is 12.3 Å². The van der Waals surface area contributed by atoms with E-state index in [9.17, 15) is 23.1 Å². The van der Waals surface area contributed by atoms with Crippen LogP contribution in [-0.2, 0) is 19.6 Å². The fourth-order valence-corrected chi connectivity index (χ4v) is 3.10. The third-order valence-electron chi connectivity index (χ3n) is 2.95. The molecule has 124 valence electrons. The number of carboxylic acid groups (broad SMARTS) is 1. The number of carbonyl (C=O) groups excluding carboxylic acids is 1. The van der Waals surface area contributed by atoms with Gasteiger partial charge in [-0.1, -0.05) is 20.8 Å². The number of ether oxygens (including phenoxy) is 1. The van der Waals surface area contributed by atoms with Gasteiger partial charge in [0.05, 0.1) is 7.11 Å². The number of carboxylic acids is 1. The molecule has 0 unspecified atom stereocenters. The van der Waals surface area contributed by atoms with Crippen molar-refractivity contribution >= 4 is 22.0 Å².